The first-order valence-corrected chi connectivity index (χ1v) is 9.83. The van der Waals surface area contributed by atoms with Crippen molar-refractivity contribution in [3.8, 4) is 11.8 Å². The minimum absolute atomic E-state index is 0.342. The molecule has 0 saturated carbocycles. The van der Waals surface area contributed by atoms with E-state index < -0.39 is 34.1 Å². The summed E-state index contributed by atoms with van der Waals surface area (Å²) in [4.78, 5) is 33.4. The quantitative estimate of drug-likeness (QED) is 0.268. The van der Waals surface area contributed by atoms with Gasteiger partial charge in [0.1, 0.15) is 0 Å². The fourth-order valence-corrected chi connectivity index (χ4v) is 1.89. The standard InChI is InChI=1S/C22H40O6/c1-17(2,3)21(13,27-25-19(7,8)9)14-15-22(16-23-24-16,18(4,5)6)28-26-20(10,11)12/h16H,1-13H3. The fourth-order valence-electron chi connectivity index (χ4n) is 1.89. The van der Waals surface area contributed by atoms with Gasteiger partial charge in [-0.15, -0.1) is 0 Å². The molecule has 6 nitrogen and oxygen atoms in total. The summed E-state index contributed by atoms with van der Waals surface area (Å²) in [7, 11) is 0. The highest BCUT2D eigenvalue weighted by molar-refractivity contribution is 5.27. The molecular weight excluding hydrogens is 360 g/mol. The molecule has 1 aliphatic heterocycles. The van der Waals surface area contributed by atoms with Crippen molar-refractivity contribution in [3.05, 3.63) is 0 Å². The summed E-state index contributed by atoms with van der Waals surface area (Å²) in [6, 6.07) is 0. The van der Waals surface area contributed by atoms with E-state index in [2.05, 4.69) is 11.8 Å². The molecule has 6 heteroatoms. The normalized spacial score (nSPS) is 20.8. The highest BCUT2D eigenvalue weighted by Crippen LogP contribution is 2.45. The molecule has 1 rings (SSSR count). The zero-order chi connectivity index (χ0) is 22.2. The third-order valence-electron chi connectivity index (χ3n) is 4.44. The van der Waals surface area contributed by atoms with Crippen LogP contribution in [0.5, 0.6) is 0 Å². The van der Waals surface area contributed by atoms with Gasteiger partial charge >= 0.3 is 0 Å². The molecule has 1 saturated heterocycles. The van der Waals surface area contributed by atoms with Crippen LogP contribution in [0.1, 0.15) is 90.0 Å². The van der Waals surface area contributed by atoms with Crippen LogP contribution in [0.4, 0.5) is 0 Å². The summed E-state index contributed by atoms with van der Waals surface area (Å²) in [5, 5.41) is 0. The van der Waals surface area contributed by atoms with Gasteiger partial charge in [0.2, 0.25) is 5.60 Å². The predicted molar refractivity (Wildman–Crippen MR) is 108 cm³/mol. The summed E-state index contributed by atoms with van der Waals surface area (Å²) < 4.78 is 0. The maximum Gasteiger partial charge on any atom is 0.268 e. The van der Waals surface area contributed by atoms with E-state index in [1.165, 1.54) is 0 Å². The van der Waals surface area contributed by atoms with Crippen LogP contribution in [0.3, 0.4) is 0 Å². The Balaban J connectivity index is 3.37. The first kappa shape index (κ1) is 25.4. The van der Waals surface area contributed by atoms with Gasteiger partial charge in [-0.2, -0.15) is 9.78 Å². The number of rotatable bonds is 5. The summed E-state index contributed by atoms with van der Waals surface area (Å²) in [6.07, 6.45) is -0.657. The summed E-state index contributed by atoms with van der Waals surface area (Å²) >= 11 is 0. The van der Waals surface area contributed by atoms with Crippen molar-refractivity contribution in [2.24, 2.45) is 10.8 Å². The lowest BCUT2D eigenvalue weighted by atomic mass is 9.74. The number of hydrogen-bond donors (Lipinski definition) is 0. The average Bonchev–Trinajstić information content (AvgIpc) is 3.25. The Bertz CT molecular complexity index is 586. The Labute approximate surface area is 171 Å². The monoisotopic (exact) mass is 400 g/mol. The third kappa shape index (κ3) is 6.69. The average molecular weight is 401 g/mol. The van der Waals surface area contributed by atoms with Crippen LogP contribution in [0, 0.1) is 22.7 Å². The predicted octanol–water partition coefficient (Wildman–Crippen LogP) is 5.36. The molecule has 1 heterocycles. The van der Waals surface area contributed by atoms with E-state index in [1.54, 1.807) is 0 Å². The highest BCUT2D eigenvalue weighted by atomic mass is 17.4. The van der Waals surface area contributed by atoms with E-state index in [0.717, 1.165) is 0 Å². The minimum atomic E-state index is -1.15. The van der Waals surface area contributed by atoms with Crippen molar-refractivity contribution in [2.45, 2.75) is 119 Å². The van der Waals surface area contributed by atoms with E-state index in [1.807, 2.05) is 90.0 Å². The van der Waals surface area contributed by atoms with Crippen molar-refractivity contribution in [1.82, 2.24) is 0 Å². The largest absolute Gasteiger partial charge is 0.268 e. The third-order valence-corrected chi connectivity index (χ3v) is 4.44. The van der Waals surface area contributed by atoms with Crippen LogP contribution >= 0.6 is 0 Å². The van der Waals surface area contributed by atoms with E-state index in [9.17, 15) is 0 Å². The van der Waals surface area contributed by atoms with Crippen molar-refractivity contribution in [3.63, 3.8) is 0 Å². The van der Waals surface area contributed by atoms with Gasteiger partial charge in [-0.05, 0) is 48.5 Å². The van der Waals surface area contributed by atoms with E-state index >= 15 is 0 Å². The van der Waals surface area contributed by atoms with E-state index in [4.69, 9.17) is 29.3 Å². The lowest BCUT2D eigenvalue weighted by Gasteiger charge is -2.40. The van der Waals surface area contributed by atoms with Crippen molar-refractivity contribution in [1.29, 1.82) is 0 Å². The maximum absolute atomic E-state index is 5.92. The van der Waals surface area contributed by atoms with Gasteiger partial charge in [0.15, 0.2) is 5.60 Å². The van der Waals surface area contributed by atoms with Crippen LogP contribution < -0.4 is 0 Å². The molecule has 164 valence electrons. The van der Waals surface area contributed by atoms with Crippen LogP contribution in [-0.2, 0) is 29.3 Å². The van der Waals surface area contributed by atoms with E-state index in [0.29, 0.717) is 0 Å². The molecule has 0 N–H and O–H groups in total. The first-order valence-electron chi connectivity index (χ1n) is 9.83. The molecule has 2 unspecified atom stereocenters. The van der Waals surface area contributed by atoms with Crippen molar-refractivity contribution < 1.29 is 29.3 Å². The van der Waals surface area contributed by atoms with Crippen LogP contribution in [0.25, 0.3) is 0 Å². The molecule has 0 aromatic rings. The zero-order valence-electron chi connectivity index (χ0n) is 20.0. The molecular formula is C22H40O6. The molecule has 0 aromatic heterocycles. The van der Waals surface area contributed by atoms with Gasteiger partial charge < -0.3 is 0 Å². The Hall–Kier alpha value is -0.680. The molecule has 0 spiro atoms. The van der Waals surface area contributed by atoms with Crippen LogP contribution in [-0.4, -0.2) is 28.7 Å². The maximum atomic E-state index is 5.92. The second kappa shape index (κ2) is 7.86. The summed E-state index contributed by atoms with van der Waals surface area (Å²) in [5.41, 5.74) is -3.88. The summed E-state index contributed by atoms with van der Waals surface area (Å²) in [6.45, 7) is 25.5. The Morgan fingerprint density at radius 1 is 0.536 bits per heavy atom. The fraction of sp³-hybridized carbons (Fsp3) is 0.909. The lowest BCUT2D eigenvalue weighted by molar-refractivity contribution is -0.411. The molecule has 28 heavy (non-hydrogen) atoms. The molecule has 1 aliphatic rings. The minimum Gasteiger partial charge on any atom is -0.229 e. The molecule has 0 amide bonds. The Morgan fingerprint density at radius 2 is 0.964 bits per heavy atom. The topological polar surface area (TPSA) is 62.0 Å². The highest BCUT2D eigenvalue weighted by Gasteiger charge is 2.60. The first-order chi connectivity index (χ1) is 12.2. The molecule has 1 fully saturated rings. The van der Waals surface area contributed by atoms with Crippen molar-refractivity contribution >= 4 is 0 Å². The Morgan fingerprint density at radius 3 is 1.29 bits per heavy atom. The zero-order valence-corrected chi connectivity index (χ0v) is 20.0. The van der Waals surface area contributed by atoms with Gasteiger partial charge in [-0.1, -0.05) is 53.4 Å². The van der Waals surface area contributed by atoms with Gasteiger partial charge in [-0.3, -0.25) is 0 Å². The Kier molecular flexibility index (Phi) is 7.12. The molecule has 2 atom stereocenters. The summed E-state index contributed by atoms with van der Waals surface area (Å²) in [5.74, 6) is 6.49. The molecule has 0 radical (unpaired) electrons. The SMILES string of the molecule is CC(C)(C)OOC(C)(C#CC(OOC(C)(C)C)(C1OO1)C(C)(C)C)C(C)(C)C. The van der Waals surface area contributed by atoms with Gasteiger partial charge in [0.05, 0.1) is 11.2 Å². The van der Waals surface area contributed by atoms with Gasteiger partial charge in [-0.25, -0.2) is 19.6 Å². The molecule has 0 aromatic carbocycles. The number of hydrogen-bond acceptors (Lipinski definition) is 6. The van der Waals surface area contributed by atoms with Crippen molar-refractivity contribution in [2.75, 3.05) is 0 Å². The van der Waals surface area contributed by atoms with E-state index in [-0.39, 0.29) is 5.41 Å². The van der Waals surface area contributed by atoms with Crippen LogP contribution in [0.2, 0.25) is 0 Å². The van der Waals surface area contributed by atoms with Gasteiger partial charge in [0, 0.05) is 10.8 Å². The van der Waals surface area contributed by atoms with Gasteiger partial charge in [0.25, 0.3) is 6.29 Å². The molecule has 0 aliphatic carbocycles. The van der Waals surface area contributed by atoms with Crippen LogP contribution in [0.15, 0.2) is 0 Å². The second-order valence-corrected chi connectivity index (χ2v) is 11.6. The molecule has 0 bridgehead atoms. The second-order valence-electron chi connectivity index (χ2n) is 11.6. The smallest absolute Gasteiger partial charge is 0.229 e. The lowest BCUT2D eigenvalue weighted by Crippen LogP contribution is -2.51.